The van der Waals surface area contributed by atoms with E-state index in [2.05, 4.69) is 9.47 Å². The second-order valence-electron chi connectivity index (χ2n) is 5.61. The molecule has 0 radical (unpaired) electrons. The molecule has 29 heavy (non-hydrogen) atoms. The van der Waals surface area contributed by atoms with E-state index in [9.17, 15) is 28.5 Å². The predicted octanol–water partition coefficient (Wildman–Crippen LogP) is 3.99. The number of hydrogen-bond acceptors (Lipinski definition) is 7. The molecule has 0 amide bonds. The van der Waals surface area contributed by atoms with Crippen molar-refractivity contribution in [3.63, 3.8) is 0 Å². The molecule has 0 aliphatic rings. The maximum Gasteiger partial charge on any atom is 0.339 e. The van der Waals surface area contributed by atoms with Crippen LogP contribution in [-0.4, -0.2) is 31.1 Å². The summed E-state index contributed by atoms with van der Waals surface area (Å²) in [6.07, 6.45) is 0. The molecule has 156 valence electrons. The van der Waals surface area contributed by atoms with E-state index < -0.39 is 39.2 Å². The quantitative estimate of drug-likeness (QED) is 0.338. The summed E-state index contributed by atoms with van der Waals surface area (Å²) in [7, 11) is 2.30. The number of nitrogens with zero attached hydrogens (tertiary/aromatic N) is 1. The molecule has 0 saturated carbocycles. The van der Waals surface area contributed by atoms with Crippen molar-refractivity contribution >= 4 is 34.9 Å². The van der Waals surface area contributed by atoms with Crippen molar-refractivity contribution in [1.82, 2.24) is 0 Å². The number of nitro groups is 1. The first-order chi connectivity index (χ1) is 13.5. The van der Waals surface area contributed by atoms with Gasteiger partial charge in [0.25, 0.3) is 5.69 Å². The van der Waals surface area contributed by atoms with Crippen molar-refractivity contribution in [1.29, 1.82) is 0 Å². The number of methoxy groups -OCH3 is 2. The Kier molecular flexibility index (Phi) is 8.02. The molecule has 0 atom stereocenters. The Labute approximate surface area is 169 Å². The van der Waals surface area contributed by atoms with Gasteiger partial charge in [-0.1, -0.05) is 11.6 Å². The third-order valence-corrected chi connectivity index (χ3v) is 4.20. The summed E-state index contributed by atoms with van der Waals surface area (Å²) < 4.78 is 35.1. The van der Waals surface area contributed by atoms with Crippen LogP contribution in [0.2, 0.25) is 5.02 Å². The SMILES string of the molecule is COC(=O)c1cc(F)c(C)c([N+](=O)[O-])c1Cl.COC(=O)c1cc(N)c(C)c(F)c1. The minimum Gasteiger partial charge on any atom is -0.465 e. The zero-order valence-corrected chi connectivity index (χ0v) is 16.6. The zero-order chi connectivity index (χ0) is 22.5. The van der Waals surface area contributed by atoms with Crippen molar-refractivity contribution < 1.29 is 32.8 Å². The Balaban J connectivity index is 0.000000296. The van der Waals surface area contributed by atoms with E-state index in [0.29, 0.717) is 5.56 Å². The smallest absolute Gasteiger partial charge is 0.339 e. The third kappa shape index (κ3) is 5.38. The topological polar surface area (TPSA) is 122 Å². The Morgan fingerprint density at radius 1 is 1.03 bits per heavy atom. The number of nitro benzene ring substituents is 1. The highest BCUT2D eigenvalue weighted by molar-refractivity contribution is 6.35. The molecule has 0 spiro atoms. The highest BCUT2D eigenvalue weighted by atomic mass is 35.5. The van der Waals surface area contributed by atoms with Gasteiger partial charge in [-0.25, -0.2) is 18.4 Å². The van der Waals surface area contributed by atoms with E-state index in [4.69, 9.17) is 17.3 Å². The largest absolute Gasteiger partial charge is 0.465 e. The van der Waals surface area contributed by atoms with Gasteiger partial charge in [0.2, 0.25) is 0 Å². The fourth-order valence-electron chi connectivity index (χ4n) is 2.12. The van der Waals surface area contributed by atoms with E-state index in [1.807, 2.05) is 0 Å². The fraction of sp³-hybridized carbons (Fsp3) is 0.222. The number of esters is 2. The molecule has 0 fully saturated rings. The number of nitrogens with two attached hydrogens (primary N) is 1. The molecule has 2 aromatic rings. The highest BCUT2D eigenvalue weighted by Crippen LogP contribution is 2.33. The Bertz CT molecular complexity index is 958. The van der Waals surface area contributed by atoms with Gasteiger partial charge in [-0.2, -0.15) is 0 Å². The molecule has 0 aromatic heterocycles. The number of benzene rings is 2. The molecule has 2 aromatic carbocycles. The van der Waals surface area contributed by atoms with Gasteiger partial charge in [0.05, 0.1) is 35.8 Å². The number of carbonyl (C=O) groups is 2. The second kappa shape index (κ2) is 9.78. The minimum absolute atomic E-state index is 0.128. The van der Waals surface area contributed by atoms with E-state index in [1.165, 1.54) is 20.1 Å². The zero-order valence-electron chi connectivity index (χ0n) is 15.8. The van der Waals surface area contributed by atoms with Gasteiger partial charge in [0.15, 0.2) is 0 Å². The first-order valence-electron chi connectivity index (χ1n) is 7.81. The van der Waals surface area contributed by atoms with E-state index in [1.54, 1.807) is 6.92 Å². The molecule has 2 rings (SSSR count). The Morgan fingerprint density at radius 3 is 2.00 bits per heavy atom. The first-order valence-corrected chi connectivity index (χ1v) is 8.19. The number of halogens is 3. The monoisotopic (exact) mass is 430 g/mol. The summed E-state index contributed by atoms with van der Waals surface area (Å²) in [6.45, 7) is 2.76. The van der Waals surface area contributed by atoms with Crippen molar-refractivity contribution in [2.75, 3.05) is 20.0 Å². The lowest BCUT2D eigenvalue weighted by molar-refractivity contribution is -0.385. The molecule has 0 aliphatic heterocycles. The molecule has 11 heteroatoms. The average molecular weight is 431 g/mol. The van der Waals surface area contributed by atoms with Gasteiger partial charge in [-0.3, -0.25) is 10.1 Å². The maximum absolute atomic E-state index is 13.3. The molecule has 0 unspecified atom stereocenters. The molecule has 8 nitrogen and oxygen atoms in total. The van der Waals surface area contributed by atoms with Crippen LogP contribution in [0.15, 0.2) is 18.2 Å². The van der Waals surface area contributed by atoms with Crippen LogP contribution in [-0.2, 0) is 9.47 Å². The first kappa shape index (κ1) is 23.8. The average Bonchev–Trinajstić information content (AvgIpc) is 2.67. The van der Waals surface area contributed by atoms with Gasteiger partial charge in [0, 0.05) is 11.3 Å². The summed E-state index contributed by atoms with van der Waals surface area (Å²) >= 11 is 5.65. The molecular weight excluding hydrogens is 414 g/mol. The second-order valence-corrected chi connectivity index (χ2v) is 5.98. The van der Waals surface area contributed by atoms with Gasteiger partial charge < -0.3 is 15.2 Å². The van der Waals surface area contributed by atoms with Crippen LogP contribution >= 0.6 is 11.6 Å². The van der Waals surface area contributed by atoms with Crippen LogP contribution in [0.1, 0.15) is 31.8 Å². The van der Waals surface area contributed by atoms with Gasteiger partial charge >= 0.3 is 11.9 Å². The van der Waals surface area contributed by atoms with Crippen LogP contribution in [0.4, 0.5) is 20.2 Å². The molecule has 0 heterocycles. The summed E-state index contributed by atoms with van der Waals surface area (Å²) in [5.74, 6) is -2.89. The number of carbonyl (C=O) groups excluding carboxylic acids is 2. The molecule has 0 aliphatic carbocycles. The Hall–Kier alpha value is -3.27. The van der Waals surface area contributed by atoms with Gasteiger partial charge in [0.1, 0.15) is 16.7 Å². The molecule has 0 bridgehead atoms. The van der Waals surface area contributed by atoms with Crippen molar-refractivity contribution in [2.24, 2.45) is 0 Å². The summed E-state index contributed by atoms with van der Waals surface area (Å²) in [6, 6.07) is 3.32. The molecule has 2 N–H and O–H groups in total. The number of ether oxygens (including phenoxy) is 2. The van der Waals surface area contributed by atoms with Crippen LogP contribution in [0, 0.1) is 35.6 Å². The van der Waals surface area contributed by atoms with Crippen LogP contribution < -0.4 is 5.73 Å². The lowest BCUT2D eigenvalue weighted by atomic mass is 10.1. The van der Waals surface area contributed by atoms with Crippen LogP contribution in [0.25, 0.3) is 0 Å². The summed E-state index contributed by atoms with van der Waals surface area (Å²) in [4.78, 5) is 32.0. The highest BCUT2D eigenvalue weighted by Gasteiger charge is 2.26. The van der Waals surface area contributed by atoms with Crippen LogP contribution in [0.5, 0.6) is 0 Å². The normalized spacial score (nSPS) is 9.90. The van der Waals surface area contributed by atoms with Crippen molar-refractivity contribution in [3.05, 3.63) is 67.2 Å². The minimum atomic E-state index is -0.924. The van der Waals surface area contributed by atoms with Gasteiger partial charge in [-0.15, -0.1) is 0 Å². The lowest BCUT2D eigenvalue weighted by Crippen LogP contribution is -2.06. The summed E-state index contributed by atoms with van der Waals surface area (Å²) in [5, 5.41) is 10.2. The van der Waals surface area contributed by atoms with E-state index in [0.717, 1.165) is 19.2 Å². The number of rotatable bonds is 3. The van der Waals surface area contributed by atoms with Crippen molar-refractivity contribution in [2.45, 2.75) is 13.8 Å². The predicted molar refractivity (Wildman–Crippen MR) is 101 cm³/mol. The third-order valence-electron chi connectivity index (χ3n) is 3.82. The van der Waals surface area contributed by atoms with Crippen molar-refractivity contribution in [3.8, 4) is 0 Å². The number of nitrogen functional groups attached to an aromatic ring is 1. The fourth-order valence-corrected chi connectivity index (χ4v) is 2.46. The summed E-state index contributed by atoms with van der Waals surface area (Å²) in [5.41, 5.74) is 4.98. The maximum atomic E-state index is 13.3. The molecular formula is C18H17ClF2N2O6. The molecule has 0 saturated heterocycles. The number of hydrogen-bond donors (Lipinski definition) is 1. The lowest BCUT2D eigenvalue weighted by Gasteiger charge is -2.06. The van der Waals surface area contributed by atoms with Crippen LogP contribution in [0.3, 0.4) is 0 Å². The van der Waals surface area contributed by atoms with E-state index in [-0.39, 0.29) is 22.4 Å². The number of anilines is 1. The van der Waals surface area contributed by atoms with E-state index >= 15 is 0 Å². The Morgan fingerprint density at radius 2 is 1.55 bits per heavy atom. The van der Waals surface area contributed by atoms with Gasteiger partial charge in [-0.05, 0) is 32.0 Å². The standard InChI is InChI=1S/C9H7ClFNO4.C9H10FNO2/c1-4-6(11)3-5(9(13)16-2)7(10)8(4)12(14)15;1-5-7(10)3-6(4-8(5)11)9(12)13-2/h3H,1-2H3;3-4H,11H2,1-2H3.